The summed E-state index contributed by atoms with van der Waals surface area (Å²) in [4.78, 5) is 34.7. The van der Waals surface area contributed by atoms with Crippen molar-refractivity contribution in [1.82, 2.24) is 0 Å². The van der Waals surface area contributed by atoms with E-state index >= 15 is 0 Å². The van der Waals surface area contributed by atoms with Crippen molar-refractivity contribution in [1.29, 1.82) is 5.26 Å². The number of anilines is 1. The van der Waals surface area contributed by atoms with E-state index in [-0.39, 0.29) is 5.76 Å². The van der Waals surface area contributed by atoms with Gasteiger partial charge in [0.25, 0.3) is 5.91 Å². The summed E-state index contributed by atoms with van der Waals surface area (Å²) < 4.78 is 9.51. The van der Waals surface area contributed by atoms with Gasteiger partial charge in [0.15, 0.2) is 6.61 Å². The number of hydrogen-bond acceptors (Lipinski definition) is 8. The van der Waals surface area contributed by atoms with Gasteiger partial charge in [0.05, 0.1) is 11.6 Å². The number of ether oxygens (including phenoxy) is 1. The lowest BCUT2D eigenvalue weighted by molar-refractivity contribution is -0.402. The number of furan rings is 1. The third-order valence-corrected chi connectivity index (χ3v) is 5.35. The summed E-state index contributed by atoms with van der Waals surface area (Å²) in [5.74, 6) is -2.02. The normalized spacial score (nSPS) is 15.5. The van der Waals surface area contributed by atoms with Crippen LogP contribution in [0.5, 0.6) is 0 Å². The number of hydrogen-bond donors (Lipinski definition) is 1. The Bertz CT molecular complexity index is 955. The number of nitrogens with one attached hydrogen (secondary N) is 1. The zero-order valence-electron chi connectivity index (χ0n) is 14.3. The number of rotatable bonds is 5. The monoisotopic (exact) mass is 389 g/mol. The smallest absolute Gasteiger partial charge is 0.433 e. The topological polar surface area (TPSA) is 135 Å². The Balaban J connectivity index is 1.62. The van der Waals surface area contributed by atoms with Gasteiger partial charge in [-0.05, 0) is 36.8 Å². The summed E-state index contributed by atoms with van der Waals surface area (Å²) in [6, 6.07) is 4.26. The molecule has 1 unspecified atom stereocenters. The van der Waals surface area contributed by atoms with Crippen molar-refractivity contribution in [2.75, 3.05) is 11.9 Å². The van der Waals surface area contributed by atoms with Gasteiger partial charge in [-0.3, -0.25) is 14.9 Å². The molecule has 2 aromatic rings. The van der Waals surface area contributed by atoms with Gasteiger partial charge in [0.2, 0.25) is 5.76 Å². The van der Waals surface area contributed by atoms with Crippen molar-refractivity contribution >= 4 is 34.1 Å². The molecule has 1 amide bonds. The van der Waals surface area contributed by atoms with Gasteiger partial charge in [0.1, 0.15) is 16.0 Å². The predicted octanol–water partition coefficient (Wildman–Crippen LogP) is 3.04. The molecule has 140 valence electrons. The number of nitro groups is 1. The van der Waals surface area contributed by atoms with Crippen molar-refractivity contribution in [3.63, 3.8) is 0 Å². The van der Waals surface area contributed by atoms with Crippen molar-refractivity contribution in [2.45, 2.75) is 26.2 Å². The average Bonchev–Trinajstić information content (AvgIpc) is 3.23. The molecule has 9 nitrogen and oxygen atoms in total. The van der Waals surface area contributed by atoms with Crippen LogP contribution in [0.4, 0.5) is 10.9 Å². The SMILES string of the molecule is CC1CCc2c(sc(NC(=O)COC(=O)c3ccc([N+](=O)[O-])o3)c2C#N)C1. The highest BCUT2D eigenvalue weighted by Gasteiger charge is 2.25. The van der Waals surface area contributed by atoms with Crippen LogP contribution in [-0.4, -0.2) is 23.4 Å². The fourth-order valence-corrected chi connectivity index (χ4v) is 4.23. The van der Waals surface area contributed by atoms with E-state index in [1.807, 2.05) is 0 Å². The summed E-state index contributed by atoms with van der Waals surface area (Å²) >= 11 is 1.37. The second kappa shape index (κ2) is 7.59. The van der Waals surface area contributed by atoms with Gasteiger partial charge in [-0.1, -0.05) is 6.92 Å². The molecule has 1 N–H and O–H groups in total. The van der Waals surface area contributed by atoms with Crippen molar-refractivity contribution in [2.24, 2.45) is 5.92 Å². The molecule has 0 saturated carbocycles. The summed E-state index contributed by atoms with van der Waals surface area (Å²) in [6.45, 7) is 1.54. The highest BCUT2D eigenvalue weighted by atomic mass is 32.1. The molecule has 27 heavy (non-hydrogen) atoms. The van der Waals surface area contributed by atoms with E-state index in [2.05, 4.69) is 18.3 Å². The lowest BCUT2D eigenvalue weighted by Gasteiger charge is -2.17. The van der Waals surface area contributed by atoms with Crippen LogP contribution < -0.4 is 5.32 Å². The molecule has 2 heterocycles. The Morgan fingerprint density at radius 2 is 2.30 bits per heavy atom. The van der Waals surface area contributed by atoms with Gasteiger partial charge in [-0.25, -0.2) is 4.79 Å². The molecule has 2 aromatic heterocycles. The molecule has 10 heteroatoms. The van der Waals surface area contributed by atoms with E-state index in [1.165, 1.54) is 11.3 Å². The van der Waals surface area contributed by atoms with E-state index < -0.39 is 29.3 Å². The number of esters is 1. The van der Waals surface area contributed by atoms with Crippen LogP contribution in [-0.2, 0) is 22.4 Å². The van der Waals surface area contributed by atoms with Crippen LogP contribution in [0.25, 0.3) is 0 Å². The maximum atomic E-state index is 12.1. The number of nitrogens with zero attached hydrogens (tertiary/aromatic N) is 2. The Hall–Kier alpha value is -3.19. The largest absolute Gasteiger partial charge is 0.450 e. The molecule has 0 radical (unpaired) electrons. The van der Waals surface area contributed by atoms with Gasteiger partial charge in [0, 0.05) is 4.88 Å². The number of amides is 1. The van der Waals surface area contributed by atoms with E-state index in [4.69, 9.17) is 9.15 Å². The van der Waals surface area contributed by atoms with Gasteiger partial charge in [-0.15, -0.1) is 11.3 Å². The molecule has 1 aliphatic carbocycles. The van der Waals surface area contributed by atoms with Crippen molar-refractivity contribution in [3.8, 4) is 6.07 Å². The summed E-state index contributed by atoms with van der Waals surface area (Å²) in [5, 5.41) is 23.0. The van der Waals surface area contributed by atoms with Crippen LogP contribution in [0.15, 0.2) is 16.5 Å². The number of fused-ring (bicyclic) bond motifs is 1. The molecular weight excluding hydrogens is 374 g/mol. The molecule has 0 bridgehead atoms. The minimum Gasteiger partial charge on any atom is -0.450 e. The lowest BCUT2D eigenvalue weighted by atomic mass is 9.89. The fourth-order valence-electron chi connectivity index (χ4n) is 2.86. The van der Waals surface area contributed by atoms with E-state index in [0.29, 0.717) is 16.5 Å². The minimum absolute atomic E-state index is 0.368. The van der Waals surface area contributed by atoms with Gasteiger partial charge >= 0.3 is 11.9 Å². The van der Waals surface area contributed by atoms with E-state index in [0.717, 1.165) is 41.8 Å². The van der Waals surface area contributed by atoms with Gasteiger partial charge in [-0.2, -0.15) is 5.26 Å². The van der Waals surface area contributed by atoms with Crippen LogP contribution in [0.2, 0.25) is 0 Å². The molecule has 3 rings (SSSR count). The summed E-state index contributed by atoms with van der Waals surface area (Å²) in [7, 11) is 0. The first-order chi connectivity index (χ1) is 12.9. The van der Waals surface area contributed by atoms with E-state index in [1.54, 1.807) is 0 Å². The van der Waals surface area contributed by atoms with E-state index in [9.17, 15) is 25.0 Å². The Kier molecular flexibility index (Phi) is 5.23. The molecule has 0 aliphatic heterocycles. The quantitative estimate of drug-likeness (QED) is 0.471. The summed E-state index contributed by atoms with van der Waals surface area (Å²) in [6.07, 6.45) is 2.67. The maximum Gasteiger partial charge on any atom is 0.433 e. The fraction of sp³-hybridized carbons (Fsp3) is 0.353. The first-order valence-electron chi connectivity index (χ1n) is 8.15. The molecule has 0 fully saturated rings. The lowest BCUT2D eigenvalue weighted by Crippen LogP contribution is -2.20. The Morgan fingerprint density at radius 3 is 2.96 bits per heavy atom. The zero-order chi connectivity index (χ0) is 19.6. The third-order valence-electron chi connectivity index (χ3n) is 4.18. The van der Waals surface area contributed by atoms with Crippen LogP contribution in [0.1, 0.15) is 39.9 Å². The van der Waals surface area contributed by atoms with Gasteiger partial charge < -0.3 is 14.5 Å². The molecular formula is C17H15N3O6S. The van der Waals surface area contributed by atoms with Crippen molar-refractivity contribution < 1.29 is 23.7 Å². The highest BCUT2D eigenvalue weighted by Crippen LogP contribution is 2.39. The third kappa shape index (κ3) is 3.98. The maximum absolute atomic E-state index is 12.1. The summed E-state index contributed by atoms with van der Waals surface area (Å²) in [5.41, 5.74) is 1.44. The first kappa shape index (κ1) is 18.6. The van der Waals surface area contributed by atoms with Crippen LogP contribution in [0.3, 0.4) is 0 Å². The van der Waals surface area contributed by atoms with Crippen LogP contribution in [0, 0.1) is 27.4 Å². The zero-order valence-corrected chi connectivity index (χ0v) is 15.1. The second-order valence-electron chi connectivity index (χ2n) is 6.19. The van der Waals surface area contributed by atoms with Crippen LogP contribution >= 0.6 is 11.3 Å². The number of carbonyl (C=O) groups is 2. The minimum atomic E-state index is -0.988. The number of thiophene rings is 1. The highest BCUT2D eigenvalue weighted by molar-refractivity contribution is 7.16. The standard InChI is InChI=1S/C17H15N3O6S/c1-9-2-3-10-11(7-18)16(27-13(10)6-9)19-14(21)8-25-17(22)12-4-5-15(26-12)20(23)24/h4-5,9H,2-3,6,8H2,1H3,(H,19,21). The average molecular weight is 389 g/mol. The second-order valence-corrected chi connectivity index (χ2v) is 7.29. The first-order valence-corrected chi connectivity index (χ1v) is 8.96. The number of nitriles is 1. The molecule has 0 saturated heterocycles. The number of carbonyl (C=O) groups excluding carboxylic acids is 2. The molecule has 1 aliphatic rings. The molecule has 0 spiro atoms. The van der Waals surface area contributed by atoms with Crippen molar-refractivity contribution in [3.05, 3.63) is 44.0 Å². The Labute approximate surface area is 157 Å². The Morgan fingerprint density at radius 1 is 1.52 bits per heavy atom. The predicted molar refractivity (Wildman–Crippen MR) is 94.5 cm³/mol. The molecule has 0 aromatic carbocycles. The molecule has 1 atom stereocenters.